The third-order valence-corrected chi connectivity index (χ3v) is 4.83. The van der Waals surface area contributed by atoms with E-state index in [1.165, 1.54) is 19.3 Å². The average molecular weight is 477 g/mol. The van der Waals surface area contributed by atoms with Crippen LogP contribution < -0.4 is 20.1 Å². The fourth-order valence-corrected chi connectivity index (χ4v) is 3.12. The van der Waals surface area contributed by atoms with Crippen molar-refractivity contribution in [2.75, 3.05) is 46.3 Å². The second-order valence-electron chi connectivity index (χ2n) is 6.45. The third kappa shape index (κ3) is 6.19. The van der Waals surface area contributed by atoms with Gasteiger partial charge in [0.1, 0.15) is 0 Å². The summed E-state index contributed by atoms with van der Waals surface area (Å²) >= 11 is 0. The number of guanidine groups is 1. The molecule has 2 rings (SSSR count). The molecule has 7 heteroatoms. The predicted octanol–water partition coefficient (Wildman–Crippen LogP) is 3.91. The summed E-state index contributed by atoms with van der Waals surface area (Å²) in [6.07, 6.45) is 4.88. The molecule has 26 heavy (non-hydrogen) atoms. The number of methoxy groups -OCH3 is 2. The highest BCUT2D eigenvalue weighted by atomic mass is 127. The molecule has 0 spiro atoms. The molecule has 148 valence electrons. The minimum absolute atomic E-state index is 0. The van der Waals surface area contributed by atoms with Crippen LogP contribution >= 0.6 is 24.0 Å². The Morgan fingerprint density at radius 3 is 2.54 bits per heavy atom. The average Bonchev–Trinajstić information content (AvgIpc) is 2.60. The Kier molecular flexibility index (Phi) is 10.1. The van der Waals surface area contributed by atoms with Crippen molar-refractivity contribution in [1.82, 2.24) is 5.32 Å². The van der Waals surface area contributed by atoms with Gasteiger partial charge in [-0.3, -0.25) is 4.99 Å². The smallest absolute Gasteiger partial charge is 0.195 e. The first-order chi connectivity index (χ1) is 12.2. The van der Waals surface area contributed by atoms with Gasteiger partial charge in [-0.15, -0.1) is 24.0 Å². The van der Waals surface area contributed by atoms with Crippen LogP contribution in [0.25, 0.3) is 0 Å². The van der Waals surface area contributed by atoms with Gasteiger partial charge in [-0.25, -0.2) is 0 Å². The number of hydrogen-bond acceptors (Lipinski definition) is 4. The van der Waals surface area contributed by atoms with Gasteiger partial charge in [-0.1, -0.05) is 6.42 Å². The molecule has 1 aliphatic carbocycles. The second-order valence-corrected chi connectivity index (χ2v) is 6.45. The third-order valence-electron chi connectivity index (χ3n) is 4.83. The maximum Gasteiger partial charge on any atom is 0.195 e. The summed E-state index contributed by atoms with van der Waals surface area (Å²) in [5, 5.41) is 6.78. The summed E-state index contributed by atoms with van der Waals surface area (Å²) in [5.74, 6) is 2.21. The first kappa shape index (κ1) is 22.8. The maximum atomic E-state index is 5.56. The first-order valence-corrected chi connectivity index (χ1v) is 8.94. The second kappa shape index (κ2) is 11.5. The highest BCUT2D eigenvalue weighted by molar-refractivity contribution is 14.0. The van der Waals surface area contributed by atoms with Crippen LogP contribution in [0.1, 0.15) is 32.6 Å². The zero-order valence-electron chi connectivity index (χ0n) is 16.3. The Hall–Kier alpha value is -1.22. The van der Waals surface area contributed by atoms with Crippen molar-refractivity contribution >= 4 is 35.6 Å². The lowest BCUT2D eigenvalue weighted by Crippen LogP contribution is -2.44. The van der Waals surface area contributed by atoms with Gasteiger partial charge in [0.15, 0.2) is 17.5 Å². The van der Waals surface area contributed by atoms with E-state index in [0.717, 1.165) is 37.0 Å². The maximum absolute atomic E-state index is 5.56. The zero-order valence-corrected chi connectivity index (χ0v) is 18.6. The van der Waals surface area contributed by atoms with Crippen LogP contribution in [0.5, 0.6) is 11.5 Å². The van der Waals surface area contributed by atoms with E-state index in [9.17, 15) is 0 Å². The zero-order chi connectivity index (χ0) is 18.1. The van der Waals surface area contributed by atoms with E-state index < -0.39 is 0 Å². The Bertz CT molecular complexity index is 577. The van der Waals surface area contributed by atoms with Gasteiger partial charge >= 0.3 is 0 Å². The van der Waals surface area contributed by atoms with Crippen molar-refractivity contribution in [3.05, 3.63) is 18.2 Å². The topological polar surface area (TPSA) is 64.1 Å². The number of halogens is 1. The van der Waals surface area contributed by atoms with Gasteiger partial charge in [0.05, 0.1) is 13.7 Å². The molecule has 0 amide bonds. The van der Waals surface area contributed by atoms with Gasteiger partial charge in [0.2, 0.25) is 0 Å². The monoisotopic (exact) mass is 477 g/mol. The summed E-state index contributed by atoms with van der Waals surface area (Å²) in [4.78, 5) is 4.33. The molecule has 1 aromatic rings. The summed E-state index contributed by atoms with van der Waals surface area (Å²) in [5.41, 5.74) is 1.25. The van der Waals surface area contributed by atoms with Gasteiger partial charge in [-0.05, 0) is 43.7 Å². The molecule has 0 heterocycles. The highest BCUT2D eigenvalue weighted by Gasteiger charge is 2.36. The number of hydrogen-bond donors (Lipinski definition) is 2. The summed E-state index contributed by atoms with van der Waals surface area (Å²) in [7, 11) is 5.19. The van der Waals surface area contributed by atoms with Crippen LogP contribution in [0, 0.1) is 5.41 Å². The van der Waals surface area contributed by atoms with Crippen molar-refractivity contribution in [3.8, 4) is 11.5 Å². The molecule has 0 unspecified atom stereocenters. The largest absolute Gasteiger partial charge is 0.493 e. The molecule has 1 fully saturated rings. The van der Waals surface area contributed by atoms with Gasteiger partial charge in [0, 0.05) is 39.1 Å². The molecule has 0 aromatic heterocycles. The molecule has 0 saturated heterocycles. The number of nitrogens with zero attached hydrogens (tertiary/aromatic N) is 1. The van der Waals surface area contributed by atoms with E-state index in [-0.39, 0.29) is 24.0 Å². The van der Waals surface area contributed by atoms with Crippen LogP contribution in [-0.2, 0) is 4.74 Å². The molecule has 0 aliphatic heterocycles. The molecule has 6 nitrogen and oxygen atoms in total. The molecule has 0 bridgehead atoms. The molecule has 1 aromatic carbocycles. The van der Waals surface area contributed by atoms with Gasteiger partial charge < -0.3 is 24.8 Å². The lowest BCUT2D eigenvalue weighted by molar-refractivity contribution is 0.0735. The summed E-state index contributed by atoms with van der Waals surface area (Å²) < 4.78 is 16.2. The van der Waals surface area contributed by atoms with E-state index >= 15 is 0 Å². The summed E-state index contributed by atoms with van der Waals surface area (Å²) in [6.45, 7) is 4.28. The number of anilines is 1. The SMILES string of the molecule is CCOc1ccc(NC(=NC)NCC2(CCOC)CCC2)cc1OC.I. The van der Waals surface area contributed by atoms with E-state index in [2.05, 4.69) is 15.6 Å². The minimum Gasteiger partial charge on any atom is -0.493 e. The molecular weight excluding hydrogens is 445 g/mol. The van der Waals surface area contributed by atoms with E-state index in [1.54, 1.807) is 21.3 Å². The number of aliphatic imine (C=N–C) groups is 1. The highest BCUT2D eigenvalue weighted by Crippen LogP contribution is 2.43. The van der Waals surface area contributed by atoms with Crippen molar-refractivity contribution in [1.29, 1.82) is 0 Å². The van der Waals surface area contributed by atoms with Gasteiger partial charge in [-0.2, -0.15) is 0 Å². The minimum atomic E-state index is 0. The van der Waals surface area contributed by atoms with E-state index in [4.69, 9.17) is 14.2 Å². The fraction of sp³-hybridized carbons (Fsp3) is 0.632. The number of benzene rings is 1. The Morgan fingerprint density at radius 1 is 1.23 bits per heavy atom. The molecule has 2 N–H and O–H groups in total. The van der Waals surface area contributed by atoms with Crippen LogP contribution in [0.15, 0.2) is 23.2 Å². The van der Waals surface area contributed by atoms with Crippen molar-refractivity contribution < 1.29 is 14.2 Å². The normalized spacial score (nSPS) is 15.5. The number of nitrogens with one attached hydrogen (secondary N) is 2. The van der Waals surface area contributed by atoms with Crippen molar-refractivity contribution in [2.45, 2.75) is 32.6 Å². The first-order valence-electron chi connectivity index (χ1n) is 8.94. The molecule has 0 atom stereocenters. The van der Waals surface area contributed by atoms with E-state index in [1.807, 2.05) is 25.1 Å². The lowest BCUT2D eigenvalue weighted by Gasteiger charge is -2.42. The molecule has 1 saturated carbocycles. The number of ether oxygens (including phenoxy) is 3. The van der Waals surface area contributed by atoms with Crippen LogP contribution in [-0.4, -0.2) is 47.0 Å². The quantitative estimate of drug-likeness (QED) is 0.321. The van der Waals surface area contributed by atoms with Crippen molar-refractivity contribution in [2.24, 2.45) is 10.4 Å². The molecule has 1 aliphatic rings. The Balaban J connectivity index is 0.00000338. The van der Waals surface area contributed by atoms with Gasteiger partial charge in [0.25, 0.3) is 0 Å². The van der Waals surface area contributed by atoms with Crippen molar-refractivity contribution in [3.63, 3.8) is 0 Å². The van der Waals surface area contributed by atoms with Crippen LogP contribution in [0.2, 0.25) is 0 Å². The lowest BCUT2D eigenvalue weighted by atomic mass is 9.67. The van der Waals surface area contributed by atoms with Crippen LogP contribution in [0.4, 0.5) is 5.69 Å². The fourth-order valence-electron chi connectivity index (χ4n) is 3.12. The Labute approximate surface area is 174 Å². The standard InChI is InChI=1S/C19H31N3O3.HI/c1-5-25-16-8-7-15(13-17(16)24-4)22-18(20-2)21-14-19(9-6-10-19)11-12-23-3;/h7-8,13H,5-6,9-12,14H2,1-4H3,(H2,20,21,22);1H. The summed E-state index contributed by atoms with van der Waals surface area (Å²) in [6, 6.07) is 5.79. The number of rotatable bonds is 9. The van der Waals surface area contributed by atoms with Crippen LogP contribution in [0.3, 0.4) is 0 Å². The molecular formula is C19H32IN3O3. The molecule has 0 radical (unpaired) electrons. The Morgan fingerprint density at radius 2 is 2.00 bits per heavy atom. The van der Waals surface area contributed by atoms with E-state index in [0.29, 0.717) is 17.8 Å². The predicted molar refractivity (Wildman–Crippen MR) is 117 cm³/mol.